The van der Waals surface area contributed by atoms with Gasteiger partial charge in [-0.3, -0.25) is 0 Å². The lowest BCUT2D eigenvalue weighted by molar-refractivity contribution is 0.683. The molecule has 0 saturated heterocycles. The van der Waals surface area contributed by atoms with E-state index >= 15 is 0 Å². The average molecular weight is 359 g/mol. The van der Waals surface area contributed by atoms with Crippen LogP contribution in [0, 0.1) is 10.5 Å². The maximum Gasteiger partial charge on any atom is 0.148 e. The second-order valence-electron chi connectivity index (χ2n) is 3.90. The van der Waals surface area contributed by atoms with Gasteiger partial charge in [0.2, 0.25) is 0 Å². The molecule has 0 saturated carbocycles. The highest BCUT2D eigenvalue weighted by molar-refractivity contribution is 14.1. The summed E-state index contributed by atoms with van der Waals surface area (Å²) in [7, 11) is 0. The van der Waals surface area contributed by atoms with Crippen molar-refractivity contribution in [1.82, 2.24) is 10.2 Å². The second kappa shape index (κ2) is 5.41. The SMILES string of the molecule is CCC(N)c1nnc(-c2cccc(C)c2I)s1. The molecule has 1 atom stereocenters. The molecule has 0 aliphatic carbocycles. The van der Waals surface area contributed by atoms with Crippen molar-refractivity contribution in [3.05, 3.63) is 32.3 Å². The van der Waals surface area contributed by atoms with Crippen LogP contribution in [0.5, 0.6) is 0 Å². The Bertz CT molecular complexity index is 524. The molecule has 1 aromatic carbocycles. The number of aryl methyl sites for hydroxylation is 1. The van der Waals surface area contributed by atoms with Crippen LogP contribution in [-0.4, -0.2) is 10.2 Å². The van der Waals surface area contributed by atoms with E-state index in [1.165, 1.54) is 9.13 Å². The fraction of sp³-hybridized carbons (Fsp3) is 0.333. The zero-order valence-electron chi connectivity index (χ0n) is 9.77. The minimum absolute atomic E-state index is 0.00344. The molecule has 0 aliphatic heterocycles. The summed E-state index contributed by atoms with van der Waals surface area (Å²) in [5, 5.41) is 10.3. The van der Waals surface area contributed by atoms with Crippen LogP contribution in [0.15, 0.2) is 18.2 Å². The lowest BCUT2D eigenvalue weighted by Gasteiger charge is -2.03. The maximum atomic E-state index is 5.96. The number of benzene rings is 1. The van der Waals surface area contributed by atoms with E-state index in [1.807, 2.05) is 6.07 Å². The molecule has 0 spiro atoms. The molecule has 0 aliphatic rings. The Hall–Kier alpha value is -0.530. The van der Waals surface area contributed by atoms with Crippen molar-refractivity contribution in [1.29, 1.82) is 0 Å². The number of aromatic nitrogens is 2. The quantitative estimate of drug-likeness (QED) is 0.853. The Morgan fingerprint density at radius 2 is 2.18 bits per heavy atom. The predicted octanol–water partition coefficient (Wildman–Crippen LogP) is 3.53. The van der Waals surface area contributed by atoms with Crippen LogP contribution in [0.3, 0.4) is 0 Å². The molecular formula is C12H14IN3S. The van der Waals surface area contributed by atoms with Gasteiger partial charge in [-0.2, -0.15) is 0 Å². The van der Waals surface area contributed by atoms with E-state index in [2.05, 4.69) is 58.8 Å². The van der Waals surface area contributed by atoms with Gasteiger partial charge in [0.1, 0.15) is 10.0 Å². The summed E-state index contributed by atoms with van der Waals surface area (Å²) in [5.41, 5.74) is 8.37. The highest BCUT2D eigenvalue weighted by Gasteiger charge is 2.14. The van der Waals surface area contributed by atoms with E-state index in [-0.39, 0.29) is 6.04 Å². The molecule has 0 radical (unpaired) electrons. The number of nitrogens with zero attached hydrogens (tertiary/aromatic N) is 2. The molecule has 0 amide bonds. The van der Waals surface area contributed by atoms with Crippen LogP contribution in [0.1, 0.15) is 30.0 Å². The Morgan fingerprint density at radius 1 is 1.41 bits per heavy atom. The van der Waals surface area contributed by atoms with E-state index in [0.29, 0.717) is 0 Å². The molecule has 0 fully saturated rings. The third-order valence-electron chi connectivity index (χ3n) is 2.62. The van der Waals surface area contributed by atoms with Crippen molar-refractivity contribution in [3.63, 3.8) is 0 Å². The van der Waals surface area contributed by atoms with Gasteiger partial charge in [-0.1, -0.05) is 36.5 Å². The Balaban J connectivity index is 2.40. The van der Waals surface area contributed by atoms with Gasteiger partial charge in [0.15, 0.2) is 0 Å². The normalized spacial score (nSPS) is 12.7. The minimum atomic E-state index is 0.00344. The van der Waals surface area contributed by atoms with Crippen molar-refractivity contribution in [2.45, 2.75) is 26.3 Å². The number of halogens is 1. The highest BCUT2D eigenvalue weighted by atomic mass is 127. The fourth-order valence-corrected chi connectivity index (χ4v) is 3.24. The predicted molar refractivity (Wildman–Crippen MR) is 80.0 cm³/mol. The molecule has 2 N–H and O–H groups in total. The smallest absolute Gasteiger partial charge is 0.148 e. The summed E-state index contributed by atoms with van der Waals surface area (Å²) in [4.78, 5) is 0. The first-order valence-corrected chi connectivity index (χ1v) is 7.37. The van der Waals surface area contributed by atoms with Crippen molar-refractivity contribution in [3.8, 4) is 10.6 Å². The lowest BCUT2D eigenvalue weighted by Crippen LogP contribution is -2.07. The summed E-state index contributed by atoms with van der Waals surface area (Å²) in [6.07, 6.45) is 0.888. The van der Waals surface area contributed by atoms with Crippen LogP contribution in [0.2, 0.25) is 0 Å². The van der Waals surface area contributed by atoms with Gasteiger partial charge >= 0.3 is 0 Å². The Morgan fingerprint density at radius 3 is 2.88 bits per heavy atom. The van der Waals surface area contributed by atoms with E-state index in [0.717, 1.165) is 22.0 Å². The number of hydrogen-bond donors (Lipinski definition) is 1. The first kappa shape index (κ1) is 12.9. The third kappa shape index (κ3) is 2.66. The summed E-state index contributed by atoms with van der Waals surface area (Å²) in [6, 6.07) is 6.23. The summed E-state index contributed by atoms with van der Waals surface area (Å²) >= 11 is 3.94. The molecule has 2 rings (SSSR count). The first-order valence-electron chi connectivity index (χ1n) is 5.48. The molecule has 1 unspecified atom stereocenters. The molecule has 1 aromatic heterocycles. The number of rotatable bonds is 3. The molecule has 1 heterocycles. The van der Waals surface area contributed by atoms with E-state index in [4.69, 9.17) is 5.73 Å². The highest BCUT2D eigenvalue weighted by Crippen LogP contribution is 2.31. The van der Waals surface area contributed by atoms with E-state index in [9.17, 15) is 0 Å². The average Bonchev–Trinajstić information content (AvgIpc) is 2.81. The molecule has 0 bridgehead atoms. The first-order chi connectivity index (χ1) is 8.13. The lowest BCUT2D eigenvalue weighted by atomic mass is 10.1. The summed E-state index contributed by atoms with van der Waals surface area (Å²) in [5.74, 6) is 0. The standard InChI is InChI=1S/C12H14IN3S/c1-3-9(14)12-16-15-11(17-12)8-6-4-5-7(2)10(8)13/h4-6,9H,3,14H2,1-2H3. The Labute approximate surface area is 119 Å². The summed E-state index contributed by atoms with van der Waals surface area (Å²) in [6.45, 7) is 4.16. The second-order valence-corrected chi connectivity index (χ2v) is 5.98. The summed E-state index contributed by atoms with van der Waals surface area (Å²) < 4.78 is 1.23. The van der Waals surface area contributed by atoms with Gasteiger partial charge in [0.05, 0.1) is 6.04 Å². The molecular weight excluding hydrogens is 345 g/mol. The number of nitrogens with two attached hydrogens (primary N) is 1. The van der Waals surface area contributed by atoms with Gasteiger partial charge in [-0.25, -0.2) is 0 Å². The zero-order valence-corrected chi connectivity index (χ0v) is 12.7. The van der Waals surface area contributed by atoms with Gasteiger partial charge in [-0.15, -0.1) is 10.2 Å². The third-order valence-corrected chi connectivity index (χ3v) is 5.14. The van der Waals surface area contributed by atoms with Crippen molar-refractivity contribution >= 4 is 33.9 Å². The van der Waals surface area contributed by atoms with Gasteiger partial charge < -0.3 is 5.73 Å². The van der Waals surface area contributed by atoms with Crippen molar-refractivity contribution in [2.24, 2.45) is 5.73 Å². The molecule has 3 nitrogen and oxygen atoms in total. The molecule has 17 heavy (non-hydrogen) atoms. The maximum absolute atomic E-state index is 5.96. The van der Waals surface area contributed by atoms with Gasteiger partial charge in [-0.05, 0) is 41.5 Å². The van der Waals surface area contributed by atoms with E-state index < -0.39 is 0 Å². The van der Waals surface area contributed by atoms with Gasteiger partial charge in [0, 0.05) is 9.13 Å². The largest absolute Gasteiger partial charge is 0.322 e. The molecule has 90 valence electrons. The van der Waals surface area contributed by atoms with Crippen LogP contribution >= 0.6 is 33.9 Å². The van der Waals surface area contributed by atoms with Crippen molar-refractivity contribution < 1.29 is 0 Å². The monoisotopic (exact) mass is 359 g/mol. The zero-order chi connectivity index (χ0) is 12.4. The minimum Gasteiger partial charge on any atom is -0.322 e. The Kier molecular flexibility index (Phi) is 4.11. The topological polar surface area (TPSA) is 51.8 Å². The van der Waals surface area contributed by atoms with E-state index in [1.54, 1.807) is 11.3 Å². The van der Waals surface area contributed by atoms with Gasteiger partial charge in [0.25, 0.3) is 0 Å². The molecule has 2 aromatic rings. The van der Waals surface area contributed by atoms with Crippen LogP contribution in [0.25, 0.3) is 10.6 Å². The van der Waals surface area contributed by atoms with Crippen molar-refractivity contribution in [2.75, 3.05) is 0 Å². The van der Waals surface area contributed by atoms with Crippen LogP contribution in [-0.2, 0) is 0 Å². The van der Waals surface area contributed by atoms with Crippen LogP contribution in [0.4, 0.5) is 0 Å². The number of hydrogen-bond acceptors (Lipinski definition) is 4. The fourth-order valence-electron chi connectivity index (χ4n) is 1.48. The molecule has 5 heteroatoms. The van der Waals surface area contributed by atoms with Crippen LogP contribution < -0.4 is 5.73 Å².